The number of rotatable bonds is 7. The van der Waals surface area contributed by atoms with Crippen LogP contribution >= 0.6 is 24.0 Å². The number of ether oxygens (including phenoxy) is 3. The Hall–Kier alpha value is -1.10. The Morgan fingerprint density at radius 1 is 1.21 bits per heavy atom. The highest BCUT2D eigenvalue weighted by atomic mass is 127. The van der Waals surface area contributed by atoms with Crippen LogP contribution in [0.25, 0.3) is 0 Å². The van der Waals surface area contributed by atoms with Crippen LogP contribution in [-0.4, -0.2) is 76.1 Å². The Bertz CT molecular complexity index is 795. The van der Waals surface area contributed by atoms with Gasteiger partial charge >= 0.3 is 0 Å². The highest BCUT2D eigenvalue weighted by Gasteiger charge is 2.66. The smallest absolute Gasteiger partial charge is 0.191 e. The monoisotopic (exact) mass is 570 g/mol. The Kier molecular flexibility index (Phi) is 8.41. The predicted molar refractivity (Wildman–Crippen MR) is 141 cm³/mol. The van der Waals surface area contributed by atoms with E-state index in [0.717, 1.165) is 51.2 Å². The van der Waals surface area contributed by atoms with Gasteiger partial charge in [0, 0.05) is 43.6 Å². The Balaban J connectivity index is 0.00000259. The lowest BCUT2D eigenvalue weighted by molar-refractivity contribution is -0.171. The van der Waals surface area contributed by atoms with Crippen molar-refractivity contribution in [3.8, 4) is 5.75 Å². The van der Waals surface area contributed by atoms with Crippen LogP contribution in [0, 0.1) is 11.3 Å². The molecule has 4 aliphatic rings. The zero-order valence-electron chi connectivity index (χ0n) is 19.9. The third-order valence-electron chi connectivity index (χ3n) is 8.08. The molecule has 2 saturated carbocycles. The van der Waals surface area contributed by atoms with Gasteiger partial charge in [-0.2, -0.15) is 0 Å². The van der Waals surface area contributed by atoms with Crippen molar-refractivity contribution in [1.82, 2.24) is 15.5 Å². The van der Waals surface area contributed by atoms with Gasteiger partial charge in [-0.1, -0.05) is 18.6 Å². The second-order valence-corrected chi connectivity index (χ2v) is 9.61. The number of fused-ring (bicyclic) bond motifs is 2. The number of benzene rings is 1. The molecular weight excluding hydrogens is 531 g/mol. The molecule has 4 fully saturated rings. The molecule has 4 atom stereocenters. The van der Waals surface area contributed by atoms with Gasteiger partial charge in [-0.15, -0.1) is 24.0 Å². The van der Waals surface area contributed by atoms with Gasteiger partial charge in [-0.25, -0.2) is 0 Å². The van der Waals surface area contributed by atoms with Gasteiger partial charge in [-0.3, -0.25) is 9.89 Å². The summed E-state index contributed by atoms with van der Waals surface area (Å²) in [5.41, 5.74) is 1.62. The van der Waals surface area contributed by atoms with E-state index in [2.05, 4.69) is 34.6 Å². The average molecular weight is 571 g/mol. The summed E-state index contributed by atoms with van der Waals surface area (Å²) in [7, 11) is 1.71. The molecule has 4 unspecified atom stereocenters. The molecule has 1 aromatic rings. The minimum atomic E-state index is 0. The molecule has 8 heteroatoms. The summed E-state index contributed by atoms with van der Waals surface area (Å²) < 4.78 is 17.1. The molecule has 0 radical (unpaired) electrons. The van der Waals surface area contributed by atoms with Crippen LogP contribution in [0.3, 0.4) is 0 Å². The molecule has 2 aliphatic heterocycles. The Morgan fingerprint density at radius 2 is 1.97 bits per heavy atom. The van der Waals surface area contributed by atoms with Gasteiger partial charge in [0.2, 0.25) is 0 Å². The molecule has 2 heterocycles. The summed E-state index contributed by atoms with van der Waals surface area (Å²) in [6.07, 6.45) is 5.54. The van der Waals surface area contributed by atoms with Crippen molar-refractivity contribution in [3.63, 3.8) is 0 Å². The molecule has 2 aliphatic carbocycles. The molecule has 2 N–H and O–H groups in total. The molecule has 1 aromatic carbocycles. The van der Waals surface area contributed by atoms with E-state index in [1.165, 1.54) is 31.2 Å². The zero-order chi connectivity index (χ0) is 22.0. The second kappa shape index (κ2) is 11.1. The van der Waals surface area contributed by atoms with Crippen molar-refractivity contribution in [1.29, 1.82) is 0 Å². The number of hydrogen-bond donors (Lipinski definition) is 2. The van der Waals surface area contributed by atoms with Gasteiger partial charge in [0.1, 0.15) is 5.75 Å². The zero-order valence-corrected chi connectivity index (χ0v) is 22.3. The van der Waals surface area contributed by atoms with Crippen molar-refractivity contribution < 1.29 is 14.2 Å². The minimum Gasteiger partial charge on any atom is -0.497 e. The van der Waals surface area contributed by atoms with Crippen LogP contribution in [0.15, 0.2) is 29.3 Å². The lowest BCUT2D eigenvalue weighted by atomic mass is 9.46. The molecule has 0 amide bonds. The number of methoxy groups -OCH3 is 1. The third kappa shape index (κ3) is 4.86. The fourth-order valence-electron chi connectivity index (χ4n) is 6.25. The molecule has 7 nitrogen and oxygen atoms in total. The fraction of sp³-hybridized carbons (Fsp3) is 0.720. The third-order valence-corrected chi connectivity index (χ3v) is 8.08. The molecule has 0 aromatic heterocycles. The van der Waals surface area contributed by atoms with E-state index in [1.807, 2.05) is 12.1 Å². The van der Waals surface area contributed by atoms with E-state index in [1.54, 1.807) is 7.11 Å². The molecule has 5 rings (SSSR count). The first-order valence-electron chi connectivity index (χ1n) is 12.4. The first-order valence-corrected chi connectivity index (χ1v) is 12.4. The highest BCUT2D eigenvalue weighted by Crippen LogP contribution is 2.62. The summed E-state index contributed by atoms with van der Waals surface area (Å²) in [5, 5.41) is 7.35. The summed E-state index contributed by atoms with van der Waals surface area (Å²) in [4.78, 5) is 7.60. The largest absolute Gasteiger partial charge is 0.497 e. The van der Waals surface area contributed by atoms with Crippen LogP contribution in [0.5, 0.6) is 5.75 Å². The minimum absolute atomic E-state index is 0. The van der Waals surface area contributed by atoms with Gasteiger partial charge in [-0.05, 0) is 43.9 Å². The van der Waals surface area contributed by atoms with Gasteiger partial charge in [0.05, 0.1) is 39.0 Å². The summed E-state index contributed by atoms with van der Waals surface area (Å²) >= 11 is 0. The van der Waals surface area contributed by atoms with E-state index in [4.69, 9.17) is 19.2 Å². The number of aliphatic imine (C=N–C) groups is 1. The maximum atomic E-state index is 6.11. The molecule has 33 heavy (non-hydrogen) atoms. The van der Waals surface area contributed by atoms with E-state index >= 15 is 0 Å². The SMILES string of the molecule is CCNC(=NCC(c1ccc(OC)cc1)N1CCOCC1)NC1C2CCOC2C12CCC2.I. The lowest BCUT2D eigenvalue weighted by Gasteiger charge is -2.63. The van der Waals surface area contributed by atoms with Crippen molar-refractivity contribution in [2.24, 2.45) is 16.3 Å². The fourth-order valence-corrected chi connectivity index (χ4v) is 6.25. The van der Waals surface area contributed by atoms with Gasteiger partial charge in [0.25, 0.3) is 0 Å². The maximum absolute atomic E-state index is 6.11. The topological polar surface area (TPSA) is 67.4 Å². The Morgan fingerprint density at radius 3 is 2.61 bits per heavy atom. The summed E-state index contributed by atoms with van der Waals surface area (Å²) in [5.74, 6) is 2.47. The van der Waals surface area contributed by atoms with Crippen molar-refractivity contribution in [2.75, 3.05) is 53.1 Å². The van der Waals surface area contributed by atoms with E-state index < -0.39 is 0 Å². The molecule has 1 spiro atoms. The standard InChI is InChI=1S/C25H38N4O3.HI/c1-3-26-24(28-22-20-9-14-32-23(20)25(22)10-4-11-25)27-17-21(29-12-15-31-16-13-29)18-5-7-19(30-2)8-6-18;/h5-8,20-23H,3-4,9-17H2,1-2H3,(H2,26,27,28);1H. The summed E-state index contributed by atoms with van der Waals surface area (Å²) in [6.45, 7) is 8.06. The van der Waals surface area contributed by atoms with Crippen molar-refractivity contribution >= 4 is 29.9 Å². The number of morpholine rings is 1. The van der Waals surface area contributed by atoms with Crippen LogP contribution in [-0.2, 0) is 9.47 Å². The molecule has 0 bridgehead atoms. The predicted octanol–water partition coefficient (Wildman–Crippen LogP) is 3.20. The highest BCUT2D eigenvalue weighted by molar-refractivity contribution is 14.0. The van der Waals surface area contributed by atoms with Crippen LogP contribution in [0.4, 0.5) is 0 Å². The quantitative estimate of drug-likeness (QED) is 0.298. The first-order chi connectivity index (χ1) is 15.7. The Labute approximate surface area is 215 Å². The molecular formula is C25H39IN4O3. The van der Waals surface area contributed by atoms with Crippen LogP contribution in [0.2, 0.25) is 0 Å². The molecule has 2 saturated heterocycles. The second-order valence-electron chi connectivity index (χ2n) is 9.61. The number of guanidine groups is 1. The maximum Gasteiger partial charge on any atom is 0.191 e. The van der Waals surface area contributed by atoms with E-state index in [9.17, 15) is 0 Å². The number of nitrogens with zero attached hydrogens (tertiary/aromatic N) is 2. The van der Waals surface area contributed by atoms with Crippen LogP contribution < -0.4 is 15.4 Å². The van der Waals surface area contributed by atoms with Crippen molar-refractivity contribution in [2.45, 2.75) is 50.8 Å². The number of nitrogens with one attached hydrogen (secondary N) is 2. The van der Waals surface area contributed by atoms with Crippen molar-refractivity contribution in [3.05, 3.63) is 29.8 Å². The average Bonchev–Trinajstić information content (AvgIpc) is 3.22. The van der Waals surface area contributed by atoms with E-state index in [0.29, 0.717) is 30.0 Å². The first kappa shape index (κ1) is 25.0. The molecule has 184 valence electrons. The van der Waals surface area contributed by atoms with E-state index in [-0.39, 0.29) is 30.0 Å². The lowest BCUT2D eigenvalue weighted by Crippen LogP contribution is -2.72. The summed E-state index contributed by atoms with van der Waals surface area (Å²) in [6, 6.07) is 9.15. The van der Waals surface area contributed by atoms with Gasteiger partial charge in [0.15, 0.2) is 5.96 Å². The van der Waals surface area contributed by atoms with Gasteiger partial charge < -0.3 is 24.8 Å². The normalized spacial score (nSPS) is 29.3. The number of hydrogen-bond acceptors (Lipinski definition) is 5. The van der Waals surface area contributed by atoms with Crippen LogP contribution in [0.1, 0.15) is 44.2 Å². The number of halogens is 1.